The van der Waals surface area contributed by atoms with E-state index >= 15 is 0 Å². The van der Waals surface area contributed by atoms with Crippen LogP contribution < -0.4 is 5.38 Å². The Balaban J connectivity index is 2.73. The van der Waals surface area contributed by atoms with E-state index in [2.05, 4.69) is 4.42 Å². The molecule has 0 aliphatic heterocycles. The van der Waals surface area contributed by atoms with Crippen molar-refractivity contribution in [3.05, 3.63) is 18.4 Å². The normalized spacial score (nSPS) is 11.9. The minimum Gasteiger partial charge on any atom is -0.468 e. The molecule has 0 aliphatic carbocycles. The van der Waals surface area contributed by atoms with Crippen molar-refractivity contribution in [2.24, 2.45) is 0 Å². The molecule has 0 unspecified atom stereocenters. The molecule has 1 nitrogen and oxygen atoms in total. The van der Waals surface area contributed by atoms with E-state index in [1.54, 1.807) is 6.92 Å². The first-order chi connectivity index (χ1) is 5.17. The highest BCUT2D eigenvalue weighted by Gasteiger charge is 2.39. The SMILES string of the molecule is CCC[Si](F)(F)c1ccco1. The molecule has 1 aromatic rings. The summed E-state index contributed by atoms with van der Waals surface area (Å²) in [6.45, 7) is 1.75. The van der Waals surface area contributed by atoms with Gasteiger partial charge in [-0.05, 0) is 12.1 Å². The van der Waals surface area contributed by atoms with Gasteiger partial charge in [0.05, 0.1) is 6.26 Å². The molecule has 1 rings (SSSR count). The summed E-state index contributed by atoms with van der Waals surface area (Å²) < 4.78 is 30.7. The standard InChI is InChI=1S/C7H10F2OSi/c1-2-6-11(8,9)7-4-3-5-10-7/h3-5H,2,6H2,1H3. The van der Waals surface area contributed by atoms with Gasteiger partial charge in [-0.25, -0.2) is 0 Å². The van der Waals surface area contributed by atoms with Crippen molar-refractivity contribution in [2.75, 3.05) is 0 Å². The highest BCUT2D eigenvalue weighted by molar-refractivity contribution is 6.78. The third-order valence-corrected chi connectivity index (χ3v) is 3.58. The van der Waals surface area contributed by atoms with E-state index in [9.17, 15) is 8.22 Å². The van der Waals surface area contributed by atoms with Gasteiger partial charge in [-0.15, -0.1) is 0 Å². The fourth-order valence-corrected chi connectivity index (χ4v) is 2.38. The Kier molecular flexibility index (Phi) is 2.44. The lowest BCUT2D eigenvalue weighted by molar-refractivity contribution is 0.540. The van der Waals surface area contributed by atoms with Gasteiger partial charge in [-0.3, -0.25) is 8.22 Å². The molecule has 0 saturated heterocycles. The van der Waals surface area contributed by atoms with Gasteiger partial charge in [0.2, 0.25) is 0 Å². The smallest absolute Gasteiger partial charge is 0.468 e. The van der Waals surface area contributed by atoms with Gasteiger partial charge in [0.25, 0.3) is 0 Å². The van der Waals surface area contributed by atoms with E-state index in [4.69, 9.17) is 0 Å². The quantitative estimate of drug-likeness (QED) is 0.508. The highest BCUT2D eigenvalue weighted by atomic mass is 28.4. The van der Waals surface area contributed by atoms with Gasteiger partial charge >= 0.3 is 8.74 Å². The summed E-state index contributed by atoms with van der Waals surface area (Å²) >= 11 is 0. The molecule has 11 heavy (non-hydrogen) atoms. The van der Waals surface area contributed by atoms with Crippen molar-refractivity contribution < 1.29 is 12.6 Å². The van der Waals surface area contributed by atoms with Crippen LogP contribution in [0.2, 0.25) is 6.04 Å². The highest BCUT2D eigenvalue weighted by Crippen LogP contribution is 2.15. The molecule has 0 saturated carbocycles. The lowest BCUT2D eigenvalue weighted by atomic mass is 10.6. The fraction of sp³-hybridized carbons (Fsp3) is 0.429. The molecule has 4 heteroatoms. The van der Waals surface area contributed by atoms with E-state index in [-0.39, 0.29) is 11.4 Å². The average Bonchev–Trinajstić information content (AvgIpc) is 2.37. The second-order valence-corrected chi connectivity index (χ2v) is 4.83. The van der Waals surface area contributed by atoms with Crippen LogP contribution >= 0.6 is 0 Å². The van der Waals surface area contributed by atoms with Gasteiger partial charge in [-0.2, -0.15) is 0 Å². The zero-order valence-electron chi connectivity index (χ0n) is 6.31. The zero-order chi connectivity index (χ0) is 8.32. The molecule has 0 amide bonds. The molecule has 1 heterocycles. The second-order valence-electron chi connectivity index (χ2n) is 2.43. The van der Waals surface area contributed by atoms with Gasteiger partial charge in [0.1, 0.15) is 0 Å². The van der Waals surface area contributed by atoms with Crippen molar-refractivity contribution in [3.8, 4) is 0 Å². The van der Waals surface area contributed by atoms with Crippen molar-refractivity contribution in [1.82, 2.24) is 0 Å². The Morgan fingerprint density at radius 3 is 2.73 bits per heavy atom. The van der Waals surface area contributed by atoms with Gasteiger partial charge in [0, 0.05) is 6.04 Å². The molecular formula is C7H10F2OSi. The Bertz CT molecular complexity index is 208. The summed E-state index contributed by atoms with van der Waals surface area (Å²) in [5, 5.41) is -0.0978. The summed E-state index contributed by atoms with van der Waals surface area (Å²) in [6, 6.07) is 2.86. The van der Waals surface area contributed by atoms with Gasteiger partial charge in [-0.1, -0.05) is 13.3 Å². The fourth-order valence-electron chi connectivity index (χ4n) is 0.924. The summed E-state index contributed by atoms with van der Waals surface area (Å²) in [5.41, 5.74) is 0. The topological polar surface area (TPSA) is 13.1 Å². The Morgan fingerprint density at radius 1 is 1.55 bits per heavy atom. The summed E-state index contributed by atoms with van der Waals surface area (Å²) in [5.74, 6) is 0. The number of halogens is 2. The number of rotatable bonds is 3. The Labute approximate surface area is 65.4 Å². The molecule has 0 spiro atoms. The van der Waals surface area contributed by atoms with Crippen molar-refractivity contribution in [3.63, 3.8) is 0 Å². The van der Waals surface area contributed by atoms with Crippen LogP contribution in [0, 0.1) is 0 Å². The predicted molar refractivity (Wildman–Crippen MR) is 41.4 cm³/mol. The molecule has 1 aromatic heterocycles. The van der Waals surface area contributed by atoms with Crippen molar-refractivity contribution in [2.45, 2.75) is 19.4 Å². The molecule has 0 bridgehead atoms. The zero-order valence-corrected chi connectivity index (χ0v) is 7.31. The second kappa shape index (κ2) is 3.17. The maximum Gasteiger partial charge on any atom is 0.489 e. The molecule has 0 aromatic carbocycles. The Morgan fingerprint density at radius 2 is 2.27 bits per heavy atom. The van der Waals surface area contributed by atoms with Crippen LogP contribution in [0.5, 0.6) is 0 Å². The maximum absolute atomic E-state index is 13.0. The van der Waals surface area contributed by atoms with E-state index < -0.39 is 8.74 Å². The van der Waals surface area contributed by atoms with E-state index in [1.807, 2.05) is 0 Å². The first-order valence-electron chi connectivity index (χ1n) is 3.58. The lowest BCUT2D eigenvalue weighted by Crippen LogP contribution is -2.37. The Hall–Kier alpha value is -0.643. The monoisotopic (exact) mass is 176 g/mol. The molecule has 62 valence electrons. The van der Waals surface area contributed by atoms with Crippen LogP contribution in [-0.2, 0) is 0 Å². The third kappa shape index (κ3) is 1.89. The summed E-state index contributed by atoms with van der Waals surface area (Å²) in [7, 11) is -4.19. The molecule has 0 fully saturated rings. The molecule has 0 atom stereocenters. The lowest BCUT2D eigenvalue weighted by Gasteiger charge is -2.06. The molecule has 0 radical (unpaired) electrons. The predicted octanol–water partition coefficient (Wildman–Crippen LogP) is 2.28. The van der Waals surface area contributed by atoms with E-state index in [1.165, 1.54) is 18.4 Å². The largest absolute Gasteiger partial charge is 0.489 e. The number of hydrogen-bond donors (Lipinski definition) is 0. The van der Waals surface area contributed by atoms with Crippen LogP contribution in [0.1, 0.15) is 13.3 Å². The maximum atomic E-state index is 13.0. The van der Waals surface area contributed by atoms with Crippen LogP contribution in [0.3, 0.4) is 0 Å². The minimum atomic E-state index is -4.19. The first kappa shape index (κ1) is 8.45. The first-order valence-corrected chi connectivity index (χ1v) is 5.55. The minimum absolute atomic E-state index is 0.0134. The third-order valence-electron chi connectivity index (χ3n) is 1.45. The molecular weight excluding hydrogens is 166 g/mol. The van der Waals surface area contributed by atoms with E-state index in [0.29, 0.717) is 6.42 Å². The van der Waals surface area contributed by atoms with Gasteiger partial charge in [0.15, 0.2) is 5.38 Å². The van der Waals surface area contributed by atoms with Crippen LogP contribution in [0.25, 0.3) is 0 Å². The average molecular weight is 176 g/mol. The number of furan rings is 1. The summed E-state index contributed by atoms with van der Waals surface area (Å²) in [6.07, 6.45) is 1.81. The van der Waals surface area contributed by atoms with Crippen LogP contribution in [-0.4, -0.2) is 8.74 Å². The van der Waals surface area contributed by atoms with Crippen molar-refractivity contribution in [1.29, 1.82) is 0 Å². The molecule has 0 aliphatic rings. The number of hydrogen-bond acceptors (Lipinski definition) is 1. The van der Waals surface area contributed by atoms with E-state index in [0.717, 1.165) is 0 Å². The summed E-state index contributed by atoms with van der Waals surface area (Å²) in [4.78, 5) is 0. The van der Waals surface area contributed by atoms with Gasteiger partial charge < -0.3 is 4.42 Å². The van der Waals surface area contributed by atoms with Crippen LogP contribution in [0.15, 0.2) is 22.8 Å². The van der Waals surface area contributed by atoms with Crippen LogP contribution in [0.4, 0.5) is 8.22 Å². The molecule has 0 N–H and O–H groups in total. The van der Waals surface area contributed by atoms with Crippen molar-refractivity contribution >= 4 is 14.1 Å².